The van der Waals surface area contributed by atoms with Gasteiger partial charge in [0.15, 0.2) is 0 Å². The number of nitrogens with two attached hydrogens (primary N) is 1. The molecule has 1 aliphatic rings. The summed E-state index contributed by atoms with van der Waals surface area (Å²) in [5.41, 5.74) is 5.87. The van der Waals surface area contributed by atoms with Crippen molar-refractivity contribution in [2.24, 2.45) is 11.7 Å². The highest BCUT2D eigenvalue weighted by Crippen LogP contribution is 2.58. The van der Waals surface area contributed by atoms with E-state index in [0.717, 1.165) is 17.5 Å². The number of thioether (sulfide) groups is 1. The minimum Gasteiger partial charge on any atom is -0.329 e. The van der Waals surface area contributed by atoms with Gasteiger partial charge < -0.3 is 5.73 Å². The lowest BCUT2D eigenvalue weighted by molar-refractivity contribution is 0.718. The number of halogens is 1. The van der Waals surface area contributed by atoms with Crippen LogP contribution in [0, 0.1) is 5.92 Å². The van der Waals surface area contributed by atoms with Gasteiger partial charge >= 0.3 is 0 Å². The molecule has 0 bridgehead atoms. The van der Waals surface area contributed by atoms with Gasteiger partial charge in [0.25, 0.3) is 0 Å². The van der Waals surface area contributed by atoms with E-state index in [1.165, 1.54) is 17.7 Å². The van der Waals surface area contributed by atoms with Crippen LogP contribution in [0.15, 0.2) is 29.2 Å². The molecule has 1 fully saturated rings. The van der Waals surface area contributed by atoms with Crippen molar-refractivity contribution in [1.82, 2.24) is 0 Å². The molecule has 1 nitrogen and oxygen atoms in total. The normalized spacial score (nSPS) is 29.1. The van der Waals surface area contributed by atoms with Crippen LogP contribution in [0.2, 0.25) is 5.02 Å². The molecule has 0 radical (unpaired) electrons. The average molecular weight is 242 g/mol. The zero-order valence-electron chi connectivity index (χ0n) is 8.87. The van der Waals surface area contributed by atoms with Crippen LogP contribution in [0.4, 0.5) is 0 Å². The van der Waals surface area contributed by atoms with Gasteiger partial charge in [-0.2, -0.15) is 0 Å². The van der Waals surface area contributed by atoms with Crippen LogP contribution in [-0.2, 0) is 0 Å². The van der Waals surface area contributed by atoms with Crippen LogP contribution in [0.25, 0.3) is 0 Å². The van der Waals surface area contributed by atoms with E-state index in [4.69, 9.17) is 17.3 Å². The summed E-state index contributed by atoms with van der Waals surface area (Å²) in [6.45, 7) is 2.98. The van der Waals surface area contributed by atoms with Gasteiger partial charge in [-0.05, 0) is 24.5 Å². The Bertz CT molecular complexity index is 355. The van der Waals surface area contributed by atoms with Crippen LogP contribution < -0.4 is 5.73 Å². The third-order valence-electron chi connectivity index (χ3n) is 3.16. The molecule has 15 heavy (non-hydrogen) atoms. The maximum absolute atomic E-state index is 6.14. The molecule has 2 unspecified atom stereocenters. The van der Waals surface area contributed by atoms with Gasteiger partial charge in [0.2, 0.25) is 0 Å². The summed E-state index contributed by atoms with van der Waals surface area (Å²) >= 11 is 8.00. The molecule has 2 N–H and O–H groups in total. The zero-order chi connectivity index (χ0) is 10.9. The molecular weight excluding hydrogens is 226 g/mol. The Morgan fingerprint density at radius 1 is 1.53 bits per heavy atom. The SMILES string of the molecule is CCC1CC1(CN)Sc1ccccc1Cl. The fourth-order valence-electron chi connectivity index (χ4n) is 2.04. The first-order valence-electron chi connectivity index (χ1n) is 5.35. The third kappa shape index (κ3) is 2.17. The Morgan fingerprint density at radius 2 is 2.27 bits per heavy atom. The van der Waals surface area contributed by atoms with Crippen molar-refractivity contribution in [3.05, 3.63) is 29.3 Å². The molecular formula is C12H16ClNS. The van der Waals surface area contributed by atoms with Crippen molar-refractivity contribution in [2.45, 2.75) is 29.4 Å². The average Bonchev–Trinajstić information content (AvgIpc) is 2.96. The van der Waals surface area contributed by atoms with Crippen molar-refractivity contribution in [3.63, 3.8) is 0 Å². The third-order valence-corrected chi connectivity index (χ3v) is 5.25. The van der Waals surface area contributed by atoms with Gasteiger partial charge in [0.1, 0.15) is 0 Å². The second-order valence-electron chi connectivity index (χ2n) is 4.11. The highest BCUT2D eigenvalue weighted by Gasteiger charge is 2.52. The standard InChI is InChI=1S/C12H16ClNS/c1-2-9-7-12(9,8-14)15-11-6-4-3-5-10(11)13/h3-6,9H,2,7-8,14H2,1H3. The van der Waals surface area contributed by atoms with E-state index in [2.05, 4.69) is 13.0 Å². The van der Waals surface area contributed by atoms with Crippen molar-refractivity contribution in [3.8, 4) is 0 Å². The number of rotatable bonds is 4. The van der Waals surface area contributed by atoms with E-state index >= 15 is 0 Å². The molecule has 3 heteroatoms. The van der Waals surface area contributed by atoms with E-state index in [9.17, 15) is 0 Å². The Kier molecular flexibility index (Phi) is 3.29. The molecule has 1 aromatic rings. The quantitative estimate of drug-likeness (QED) is 0.873. The molecule has 1 aromatic carbocycles. The summed E-state index contributed by atoms with van der Waals surface area (Å²) in [4.78, 5) is 1.17. The maximum Gasteiger partial charge on any atom is 0.0542 e. The summed E-state index contributed by atoms with van der Waals surface area (Å²) < 4.78 is 0.264. The Hall–Kier alpha value is -0.180. The second-order valence-corrected chi connectivity index (χ2v) is 5.97. The van der Waals surface area contributed by atoms with E-state index in [1.54, 1.807) is 0 Å². The monoisotopic (exact) mass is 241 g/mol. The molecule has 0 aliphatic heterocycles. The lowest BCUT2D eigenvalue weighted by Crippen LogP contribution is -2.20. The Morgan fingerprint density at radius 3 is 2.80 bits per heavy atom. The minimum atomic E-state index is 0.264. The first kappa shape index (κ1) is 11.3. The van der Waals surface area contributed by atoms with Crippen LogP contribution in [0.5, 0.6) is 0 Å². The molecule has 1 saturated carbocycles. The molecule has 1 aliphatic carbocycles. The summed E-state index contributed by atoms with van der Waals surface area (Å²) in [7, 11) is 0. The number of hydrogen-bond acceptors (Lipinski definition) is 2. The van der Waals surface area contributed by atoms with Gasteiger partial charge in [-0.3, -0.25) is 0 Å². The molecule has 0 spiro atoms. The van der Waals surface area contributed by atoms with Gasteiger partial charge in [-0.15, -0.1) is 11.8 Å². The smallest absolute Gasteiger partial charge is 0.0542 e. The molecule has 0 amide bonds. The van der Waals surface area contributed by atoms with Crippen molar-refractivity contribution in [2.75, 3.05) is 6.54 Å². The van der Waals surface area contributed by atoms with Crippen LogP contribution in [0.1, 0.15) is 19.8 Å². The van der Waals surface area contributed by atoms with E-state index in [-0.39, 0.29) is 4.75 Å². The van der Waals surface area contributed by atoms with Crippen molar-refractivity contribution in [1.29, 1.82) is 0 Å². The molecule has 0 heterocycles. The fraction of sp³-hybridized carbons (Fsp3) is 0.500. The molecule has 0 aromatic heterocycles. The summed E-state index contributed by atoms with van der Waals surface area (Å²) in [6, 6.07) is 8.01. The minimum absolute atomic E-state index is 0.264. The maximum atomic E-state index is 6.14. The second kappa shape index (κ2) is 4.36. The van der Waals surface area contributed by atoms with Crippen molar-refractivity contribution >= 4 is 23.4 Å². The lowest BCUT2D eigenvalue weighted by atomic mass is 10.2. The van der Waals surface area contributed by atoms with Gasteiger partial charge in [0.05, 0.1) is 5.02 Å². The fourth-order valence-corrected chi connectivity index (χ4v) is 3.74. The Balaban J connectivity index is 2.12. The molecule has 2 atom stereocenters. The first-order valence-corrected chi connectivity index (χ1v) is 6.55. The van der Waals surface area contributed by atoms with E-state index < -0.39 is 0 Å². The lowest BCUT2D eigenvalue weighted by Gasteiger charge is -2.15. The molecule has 82 valence electrons. The van der Waals surface area contributed by atoms with Crippen LogP contribution >= 0.6 is 23.4 Å². The highest BCUT2D eigenvalue weighted by atomic mass is 35.5. The topological polar surface area (TPSA) is 26.0 Å². The van der Waals surface area contributed by atoms with Gasteiger partial charge in [-0.1, -0.05) is 37.1 Å². The summed E-state index contributed by atoms with van der Waals surface area (Å²) in [5.74, 6) is 0.767. The summed E-state index contributed by atoms with van der Waals surface area (Å²) in [5, 5.41) is 0.845. The van der Waals surface area contributed by atoms with Crippen LogP contribution in [-0.4, -0.2) is 11.3 Å². The van der Waals surface area contributed by atoms with Crippen LogP contribution in [0.3, 0.4) is 0 Å². The molecule has 2 rings (SSSR count). The largest absolute Gasteiger partial charge is 0.329 e. The predicted molar refractivity (Wildman–Crippen MR) is 67.5 cm³/mol. The van der Waals surface area contributed by atoms with Gasteiger partial charge in [0, 0.05) is 16.2 Å². The number of hydrogen-bond donors (Lipinski definition) is 1. The van der Waals surface area contributed by atoms with E-state index in [1.807, 2.05) is 30.0 Å². The van der Waals surface area contributed by atoms with Gasteiger partial charge in [-0.25, -0.2) is 0 Å². The predicted octanol–water partition coefficient (Wildman–Crippen LogP) is 3.56. The molecule has 0 saturated heterocycles. The van der Waals surface area contributed by atoms with Crippen molar-refractivity contribution < 1.29 is 0 Å². The first-order chi connectivity index (χ1) is 7.22. The Labute approximate surface area is 100 Å². The van der Waals surface area contributed by atoms with E-state index in [0.29, 0.717) is 0 Å². The number of benzene rings is 1. The summed E-state index contributed by atoms with van der Waals surface area (Å²) in [6.07, 6.45) is 2.45. The highest BCUT2D eigenvalue weighted by molar-refractivity contribution is 8.01. The zero-order valence-corrected chi connectivity index (χ0v) is 10.4.